The summed E-state index contributed by atoms with van der Waals surface area (Å²) in [6.07, 6.45) is 0. The first kappa shape index (κ1) is 13.3. The molecule has 0 fully saturated rings. The third kappa shape index (κ3) is 2.22. The molecule has 2 rings (SSSR count). The van der Waals surface area contributed by atoms with Crippen molar-refractivity contribution >= 4 is 39.1 Å². The van der Waals surface area contributed by atoms with Gasteiger partial charge >= 0.3 is 5.97 Å². The van der Waals surface area contributed by atoms with Crippen LogP contribution in [0.1, 0.15) is 25.8 Å². The molecule has 5 heteroatoms. The maximum atomic E-state index is 11.9. The van der Waals surface area contributed by atoms with Crippen LogP contribution in [-0.2, 0) is 14.9 Å². The number of fused-ring (bicyclic) bond motifs is 1. The van der Waals surface area contributed by atoms with Crippen LogP contribution < -0.4 is 0 Å². The second-order valence-electron chi connectivity index (χ2n) is 4.45. The van der Waals surface area contributed by atoms with Crippen molar-refractivity contribution in [1.82, 2.24) is 4.98 Å². The summed E-state index contributed by atoms with van der Waals surface area (Å²) in [4.78, 5) is 16.4. The third-order valence-corrected chi connectivity index (χ3v) is 4.54. The number of hydrogen-bond donors (Lipinski definition) is 0. The molecule has 1 heterocycles. The average molecular weight is 284 g/mol. The molecule has 0 aliphatic rings. The van der Waals surface area contributed by atoms with Crippen LogP contribution in [0.5, 0.6) is 0 Å². The first-order valence-corrected chi connectivity index (χ1v) is 6.89. The Labute approximate surface area is 115 Å². The highest BCUT2D eigenvalue weighted by Crippen LogP contribution is 2.35. The lowest BCUT2D eigenvalue weighted by Gasteiger charge is -2.19. The molecule has 96 valence electrons. The van der Waals surface area contributed by atoms with Crippen LogP contribution in [0.15, 0.2) is 18.2 Å². The minimum absolute atomic E-state index is 0.264. The summed E-state index contributed by atoms with van der Waals surface area (Å²) in [6, 6.07) is 5.57. The third-order valence-electron chi connectivity index (χ3n) is 2.69. The highest BCUT2D eigenvalue weighted by Gasteiger charge is 2.34. The monoisotopic (exact) mass is 283 g/mol. The molecule has 0 unspecified atom stereocenters. The van der Waals surface area contributed by atoms with E-state index in [1.807, 2.05) is 32.0 Å². The van der Waals surface area contributed by atoms with Gasteiger partial charge in [0.25, 0.3) is 0 Å². The van der Waals surface area contributed by atoms with Gasteiger partial charge in [0.15, 0.2) is 0 Å². The molecule has 0 aliphatic heterocycles. The van der Waals surface area contributed by atoms with Crippen molar-refractivity contribution in [3.05, 3.63) is 28.2 Å². The minimum Gasteiger partial charge on any atom is -0.465 e. The van der Waals surface area contributed by atoms with E-state index < -0.39 is 5.41 Å². The van der Waals surface area contributed by atoms with Gasteiger partial charge in [0.1, 0.15) is 10.4 Å². The number of aromatic nitrogens is 1. The Morgan fingerprint density at radius 1 is 1.50 bits per heavy atom. The Bertz CT molecular complexity index is 592. The number of thiazole rings is 1. The lowest BCUT2D eigenvalue weighted by Crippen LogP contribution is -2.30. The molecule has 0 N–H and O–H groups in total. The van der Waals surface area contributed by atoms with Crippen LogP contribution in [0.2, 0.25) is 5.02 Å². The van der Waals surface area contributed by atoms with E-state index in [1.54, 1.807) is 6.92 Å². The highest BCUT2D eigenvalue weighted by molar-refractivity contribution is 7.19. The Morgan fingerprint density at radius 2 is 2.22 bits per heavy atom. The molecule has 0 amide bonds. The first-order chi connectivity index (χ1) is 8.46. The summed E-state index contributed by atoms with van der Waals surface area (Å²) in [5, 5.41) is 1.39. The topological polar surface area (TPSA) is 39.2 Å². The van der Waals surface area contributed by atoms with Gasteiger partial charge in [0.2, 0.25) is 0 Å². The summed E-state index contributed by atoms with van der Waals surface area (Å²) in [7, 11) is 0. The number of ether oxygens (including phenoxy) is 1. The van der Waals surface area contributed by atoms with Crippen LogP contribution in [0.25, 0.3) is 10.2 Å². The molecular weight excluding hydrogens is 270 g/mol. The van der Waals surface area contributed by atoms with Crippen molar-refractivity contribution in [2.24, 2.45) is 0 Å². The first-order valence-electron chi connectivity index (χ1n) is 5.69. The number of benzene rings is 1. The molecule has 0 radical (unpaired) electrons. The SMILES string of the molecule is CCOC(=O)C(C)(C)c1nc2cccc(Cl)c2s1. The van der Waals surface area contributed by atoms with Gasteiger partial charge in [-0.25, -0.2) is 4.98 Å². The Hall–Kier alpha value is -1.13. The van der Waals surface area contributed by atoms with Gasteiger partial charge in [-0.15, -0.1) is 11.3 Å². The van der Waals surface area contributed by atoms with Gasteiger partial charge in [-0.05, 0) is 32.9 Å². The van der Waals surface area contributed by atoms with Gasteiger partial charge in [0, 0.05) is 0 Å². The lowest BCUT2D eigenvalue weighted by atomic mass is 9.95. The number of carbonyl (C=O) groups excluding carboxylic acids is 1. The maximum Gasteiger partial charge on any atom is 0.318 e. The van der Waals surface area contributed by atoms with E-state index in [9.17, 15) is 4.79 Å². The van der Waals surface area contributed by atoms with Gasteiger partial charge in [-0.1, -0.05) is 17.7 Å². The smallest absolute Gasteiger partial charge is 0.318 e. The zero-order valence-electron chi connectivity index (χ0n) is 10.5. The van der Waals surface area contributed by atoms with Crippen molar-refractivity contribution < 1.29 is 9.53 Å². The van der Waals surface area contributed by atoms with Crippen LogP contribution in [0.3, 0.4) is 0 Å². The van der Waals surface area contributed by atoms with E-state index in [2.05, 4.69) is 4.98 Å². The molecule has 0 saturated heterocycles. The van der Waals surface area contributed by atoms with Crippen molar-refractivity contribution in [2.75, 3.05) is 6.61 Å². The molecule has 0 spiro atoms. The number of hydrogen-bond acceptors (Lipinski definition) is 4. The summed E-state index contributed by atoms with van der Waals surface area (Å²) < 4.78 is 5.99. The summed E-state index contributed by atoms with van der Waals surface area (Å²) >= 11 is 7.56. The van der Waals surface area contributed by atoms with Gasteiger partial charge in [-0.3, -0.25) is 4.79 Å². The van der Waals surface area contributed by atoms with Crippen molar-refractivity contribution in [3.8, 4) is 0 Å². The molecule has 0 atom stereocenters. The fraction of sp³-hybridized carbons (Fsp3) is 0.385. The molecule has 18 heavy (non-hydrogen) atoms. The molecule has 1 aromatic carbocycles. The van der Waals surface area contributed by atoms with Gasteiger partial charge in [-0.2, -0.15) is 0 Å². The number of esters is 1. The number of carbonyl (C=O) groups is 1. The normalized spacial score (nSPS) is 11.8. The number of halogens is 1. The van der Waals surface area contributed by atoms with E-state index >= 15 is 0 Å². The highest BCUT2D eigenvalue weighted by atomic mass is 35.5. The summed E-state index contributed by atoms with van der Waals surface area (Å²) in [5.74, 6) is -0.264. The second-order valence-corrected chi connectivity index (χ2v) is 5.86. The van der Waals surface area contributed by atoms with Crippen LogP contribution >= 0.6 is 22.9 Å². The summed E-state index contributed by atoms with van der Waals surface area (Å²) in [6.45, 7) is 5.80. The van der Waals surface area contributed by atoms with Crippen LogP contribution in [0.4, 0.5) is 0 Å². The van der Waals surface area contributed by atoms with E-state index in [1.165, 1.54) is 11.3 Å². The van der Waals surface area contributed by atoms with Crippen molar-refractivity contribution in [1.29, 1.82) is 0 Å². The molecule has 1 aromatic heterocycles. The predicted octanol–water partition coefficient (Wildman–Crippen LogP) is 3.79. The van der Waals surface area contributed by atoms with Gasteiger partial charge in [0.05, 0.1) is 21.8 Å². The van der Waals surface area contributed by atoms with E-state index in [0.717, 1.165) is 15.2 Å². The number of rotatable bonds is 3. The van der Waals surface area contributed by atoms with E-state index in [4.69, 9.17) is 16.3 Å². The van der Waals surface area contributed by atoms with E-state index in [0.29, 0.717) is 11.6 Å². The van der Waals surface area contributed by atoms with E-state index in [-0.39, 0.29) is 5.97 Å². The van der Waals surface area contributed by atoms with Crippen LogP contribution in [0, 0.1) is 0 Å². The maximum absolute atomic E-state index is 11.9. The van der Waals surface area contributed by atoms with Crippen molar-refractivity contribution in [2.45, 2.75) is 26.2 Å². The Morgan fingerprint density at radius 3 is 2.83 bits per heavy atom. The fourth-order valence-corrected chi connectivity index (χ4v) is 2.93. The standard InChI is InChI=1S/C13H14ClNO2S/c1-4-17-12(16)13(2,3)11-15-9-7-5-6-8(14)10(9)18-11/h5-7H,4H2,1-3H3. The predicted molar refractivity (Wildman–Crippen MR) is 74.3 cm³/mol. The molecule has 3 nitrogen and oxygen atoms in total. The molecule has 0 aliphatic carbocycles. The Balaban J connectivity index is 2.48. The average Bonchev–Trinajstić information content (AvgIpc) is 2.75. The quantitative estimate of drug-likeness (QED) is 0.805. The molecule has 0 bridgehead atoms. The van der Waals surface area contributed by atoms with Crippen molar-refractivity contribution in [3.63, 3.8) is 0 Å². The van der Waals surface area contributed by atoms with Gasteiger partial charge < -0.3 is 4.74 Å². The largest absolute Gasteiger partial charge is 0.465 e. The fourth-order valence-electron chi connectivity index (χ4n) is 1.58. The number of nitrogens with zero attached hydrogens (tertiary/aromatic N) is 1. The Kier molecular flexibility index (Phi) is 3.59. The molecule has 0 saturated carbocycles. The summed E-state index contributed by atoms with van der Waals surface area (Å²) in [5.41, 5.74) is 0.0723. The molecule has 2 aromatic rings. The zero-order valence-corrected chi connectivity index (χ0v) is 12.1. The zero-order chi connectivity index (χ0) is 13.3. The second kappa shape index (κ2) is 4.86. The minimum atomic E-state index is -0.747. The van der Waals surface area contributed by atoms with Crippen LogP contribution in [-0.4, -0.2) is 17.6 Å². The lowest BCUT2D eigenvalue weighted by molar-refractivity contribution is -0.148. The molecular formula is C13H14ClNO2S.